The number of ether oxygens (including phenoxy) is 3. The van der Waals surface area contributed by atoms with Crippen LogP contribution in [0.15, 0.2) is 39.9 Å². The lowest BCUT2D eigenvalue weighted by Crippen LogP contribution is -2.32. The summed E-state index contributed by atoms with van der Waals surface area (Å²) in [5, 5.41) is 7.76. The molecule has 222 valence electrons. The van der Waals surface area contributed by atoms with E-state index in [4.69, 9.17) is 37.4 Å². The second kappa shape index (κ2) is 14.9. The van der Waals surface area contributed by atoms with Gasteiger partial charge in [-0.15, -0.1) is 11.3 Å². The van der Waals surface area contributed by atoms with E-state index in [9.17, 15) is 14.4 Å². The van der Waals surface area contributed by atoms with Crippen LogP contribution in [0.1, 0.15) is 58.6 Å². The number of esters is 1. The molecule has 1 heterocycles. The van der Waals surface area contributed by atoms with Crippen molar-refractivity contribution >= 4 is 79.5 Å². The average molecular weight is 697 g/mol. The van der Waals surface area contributed by atoms with Crippen molar-refractivity contribution in [2.45, 2.75) is 46.1 Å². The van der Waals surface area contributed by atoms with Crippen LogP contribution in [0.3, 0.4) is 0 Å². The fraction of sp³-hybridized carbons (Fsp3) is 0.310. The van der Waals surface area contributed by atoms with Crippen LogP contribution in [0.4, 0.5) is 5.00 Å². The highest BCUT2D eigenvalue weighted by atomic mass is 79.9. The third-order valence-corrected chi connectivity index (χ3v) is 8.72. The third-order valence-electron chi connectivity index (χ3n) is 6.22. The molecule has 13 heteroatoms. The van der Waals surface area contributed by atoms with Crippen LogP contribution in [0.5, 0.6) is 11.5 Å². The number of carbonyl (C=O) groups is 3. The van der Waals surface area contributed by atoms with Crippen molar-refractivity contribution in [2.75, 3.05) is 18.5 Å². The van der Waals surface area contributed by atoms with Gasteiger partial charge < -0.3 is 19.5 Å². The topological polar surface area (TPSA) is 115 Å². The SMILES string of the molecule is CCOC(=O)c1c(NC(=O)C(=O)NN=Cc2cc(Br)c(OCc3c(Cl)cccc3Cl)c(OCC)c2)sc2c1CCCC2. The Labute approximate surface area is 265 Å². The second-order valence-corrected chi connectivity index (χ2v) is 11.8. The number of thiophene rings is 1. The predicted octanol–water partition coefficient (Wildman–Crippen LogP) is 6.94. The van der Waals surface area contributed by atoms with Gasteiger partial charge in [-0.2, -0.15) is 5.10 Å². The Morgan fingerprint density at radius 3 is 2.50 bits per heavy atom. The zero-order valence-corrected chi connectivity index (χ0v) is 26.8. The quantitative estimate of drug-likeness (QED) is 0.103. The maximum atomic E-state index is 12.7. The maximum Gasteiger partial charge on any atom is 0.341 e. The molecule has 4 rings (SSSR count). The predicted molar refractivity (Wildman–Crippen MR) is 167 cm³/mol. The van der Waals surface area contributed by atoms with E-state index in [2.05, 4.69) is 31.8 Å². The van der Waals surface area contributed by atoms with Gasteiger partial charge in [0.1, 0.15) is 11.6 Å². The van der Waals surface area contributed by atoms with Crippen LogP contribution in [0.25, 0.3) is 0 Å². The number of rotatable bonds is 10. The number of benzene rings is 2. The third kappa shape index (κ3) is 7.63. The molecule has 0 radical (unpaired) electrons. The van der Waals surface area contributed by atoms with Gasteiger partial charge in [0, 0.05) is 20.5 Å². The summed E-state index contributed by atoms with van der Waals surface area (Å²) in [6.07, 6.45) is 4.85. The van der Waals surface area contributed by atoms with Crippen LogP contribution >= 0.6 is 50.5 Å². The molecule has 0 bridgehead atoms. The molecule has 0 saturated heterocycles. The van der Waals surface area contributed by atoms with E-state index >= 15 is 0 Å². The lowest BCUT2D eigenvalue weighted by Gasteiger charge is -2.15. The first-order chi connectivity index (χ1) is 20.2. The number of carbonyl (C=O) groups excluding carboxylic acids is 3. The lowest BCUT2D eigenvalue weighted by atomic mass is 9.95. The van der Waals surface area contributed by atoms with E-state index in [0.29, 0.717) is 54.3 Å². The number of hydrazone groups is 1. The summed E-state index contributed by atoms with van der Waals surface area (Å²) in [5.74, 6) is -1.59. The number of halogens is 3. The van der Waals surface area contributed by atoms with Gasteiger partial charge in [0.2, 0.25) is 0 Å². The molecule has 1 aromatic heterocycles. The van der Waals surface area contributed by atoms with Crippen LogP contribution in [-0.2, 0) is 33.8 Å². The molecule has 9 nitrogen and oxygen atoms in total. The molecule has 3 aromatic rings. The van der Waals surface area contributed by atoms with Gasteiger partial charge in [-0.1, -0.05) is 29.3 Å². The molecule has 2 N–H and O–H groups in total. The Bertz CT molecular complexity index is 1510. The van der Waals surface area contributed by atoms with Crippen molar-refractivity contribution in [2.24, 2.45) is 5.10 Å². The number of aryl methyl sites for hydroxylation is 1. The van der Waals surface area contributed by atoms with Crippen molar-refractivity contribution < 1.29 is 28.6 Å². The van der Waals surface area contributed by atoms with E-state index < -0.39 is 17.8 Å². The number of anilines is 1. The summed E-state index contributed by atoms with van der Waals surface area (Å²) in [6.45, 7) is 4.23. The summed E-state index contributed by atoms with van der Waals surface area (Å²) < 4.78 is 17.5. The largest absolute Gasteiger partial charge is 0.490 e. The molecule has 1 aliphatic rings. The minimum atomic E-state index is -0.992. The molecule has 0 aliphatic heterocycles. The summed E-state index contributed by atoms with van der Waals surface area (Å²) >= 11 is 17.3. The van der Waals surface area contributed by atoms with E-state index in [-0.39, 0.29) is 13.2 Å². The average Bonchev–Trinajstić information content (AvgIpc) is 3.32. The smallest absolute Gasteiger partial charge is 0.341 e. The van der Waals surface area contributed by atoms with E-state index in [0.717, 1.165) is 36.1 Å². The van der Waals surface area contributed by atoms with Crippen LogP contribution < -0.4 is 20.2 Å². The van der Waals surface area contributed by atoms with Gasteiger partial charge in [-0.05, 0) is 90.9 Å². The molecule has 2 aromatic carbocycles. The Hall–Kier alpha value is -3.12. The number of nitrogens with zero attached hydrogens (tertiary/aromatic N) is 1. The zero-order valence-electron chi connectivity index (χ0n) is 22.9. The van der Waals surface area contributed by atoms with Crippen molar-refractivity contribution in [1.82, 2.24) is 5.43 Å². The standard InChI is InChI=1S/C29H28BrCl2N3O6S/c1-3-39-22-13-16(12-19(30)25(22)41-15-18-20(31)9-7-10-21(18)32)14-33-35-27(37)26(36)34-28-24(29(38)40-4-2)17-8-5-6-11-23(17)42-28/h7,9-10,12-14H,3-6,8,11,15H2,1-2H3,(H,34,36)(H,35,37). The molecule has 0 atom stereocenters. The number of nitrogens with one attached hydrogen (secondary N) is 2. The fourth-order valence-electron chi connectivity index (χ4n) is 4.33. The summed E-state index contributed by atoms with van der Waals surface area (Å²) in [7, 11) is 0. The van der Waals surface area contributed by atoms with E-state index in [1.807, 2.05) is 6.92 Å². The van der Waals surface area contributed by atoms with Gasteiger partial charge in [-0.25, -0.2) is 10.2 Å². The van der Waals surface area contributed by atoms with E-state index in [1.165, 1.54) is 17.6 Å². The summed E-state index contributed by atoms with van der Waals surface area (Å²) in [4.78, 5) is 38.8. The minimum Gasteiger partial charge on any atom is -0.490 e. The molecule has 1 aliphatic carbocycles. The summed E-state index contributed by atoms with van der Waals surface area (Å²) in [5.41, 5.74) is 4.63. The Morgan fingerprint density at radius 1 is 1.05 bits per heavy atom. The first-order valence-corrected chi connectivity index (χ1v) is 15.6. The number of fused-ring (bicyclic) bond motifs is 1. The maximum absolute atomic E-state index is 12.7. The monoisotopic (exact) mass is 695 g/mol. The number of amides is 2. The van der Waals surface area contributed by atoms with Crippen molar-refractivity contribution in [1.29, 1.82) is 0 Å². The minimum absolute atomic E-state index is 0.112. The van der Waals surface area contributed by atoms with Crippen LogP contribution in [-0.4, -0.2) is 37.2 Å². The Kier molecular flexibility index (Phi) is 11.3. The molecule has 0 saturated carbocycles. The fourth-order valence-corrected chi connectivity index (χ4v) is 6.68. The van der Waals surface area contributed by atoms with Crippen molar-refractivity contribution in [3.8, 4) is 11.5 Å². The van der Waals surface area contributed by atoms with E-state index in [1.54, 1.807) is 37.3 Å². The Morgan fingerprint density at radius 2 is 1.79 bits per heavy atom. The molecule has 2 amide bonds. The van der Waals surface area contributed by atoms with Gasteiger partial charge in [0.05, 0.1) is 29.5 Å². The van der Waals surface area contributed by atoms with Gasteiger partial charge in [0.25, 0.3) is 0 Å². The van der Waals surface area contributed by atoms with Crippen molar-refractivity contribution in [3.63, 3.8) is 0 Å². The first kappa shape index (κ1) is 31.8. The number of hydrogen-bond donors (Lipinski definition) is 2. The van der Waals surface area contributed by atoms with Crippen LogP contribution in [0.2, 0.25) is 10.0 Å². The normalized spacial score (nSPS) is 12.5. The highest BCUT2D eigenvalue weighted by molar-refractivity contribution is 9.10. The first-order valence-electron chi connectivity index (χ1n) is 13.2. The second-order valence-electron chi connectivity index (χ2n) is 9.04. The van der Waals surface area contributed by atoms with Gasteiger partial charge in [0.15, 0.2) is 11.5 Å². The zero-order chi connectivity index (χ0) is 30.2. The number of hydrogen-bond acceptors (Lipinski definition) is 8. The molecule has 42 heavy (non-hydrogen) atoms. The molecule has 0 unspecified atom stereocenters. The van der Waals surface area contributed by atoms with Gasteiger partial charge in [-0.3, -0.25) is 9.59 Å². The van der Waals surface area contributed by atoms with Crippen LogP contribution in [0, 0.1) is 0 Å². The summed E-state index contributed by atoms with van der Waals surface area (Å²) in [6, 6.07) is 8.60. The highest BCUT2D eigenvalue weighted by Crippen LogP contribution is 2.39. The molecule has 0 fully saturated rings. The van der Waals surface area contributed by atoms with Crippen molar-refractivity contribution in [3.05, 3.63) is 72.0 Å². The molecular weight excluding hydrogens is 669 g/mol. The highest BCUT2D eigenvalue weighted by Gasteiger charge is 2.28. The Balaban J connectivity index is 1.44. The lowest BCUT2D eigenvalue weighted by molar-refractivity contribution is -0.136. The molecular formula is C29H28BrCl2N3O6S. The molecule has 0 spiro atoms. The van der Waals surface area contributed by atoms with Gasteiger partial charge >= 0.3 is 17.8 Å².